The number of nitrogens with one attached hydrogen (secondary N) is 2. The molecule has 13 heteroatoms. The van der Waals surface area contributed by atoms with Crippen molar-refractivity contribution in [3.63, 3.8) is 0 Å². The van der Waals surface area contributed by atoms with E-state index in [1.807, 2.05) is 75.4 Å². The van der Waals surface area contributed by atoms with Gasteiger partial charge in [0, 0.05) is 33.6 Å². The van der Waals surface area contributed by atoms with Gasteiger partial charge in [0.25, 0.3) is 0 Å². The smallest absolute Gasteiger partial charge is 0.408 e. The lowest BCUT2D eigenvalue weighted by molar-refractivity contribution is -0.158. The van der Waals surface area contributed by atoms with Crippen LogP contribution in [0.4, 0.5) is 4.79 Å². The Hall–Kier alpha value is -4.78. The van der Waals surface area contributed by atoms with Crippen molar-refractivity contribution in [2.24, 2.45) is 5.92 Å². The summed E-state index contributed by atoms with van der Waals surface area (Å²) in [5.41, 5.74) is 2.12. The summed E-state index contributed by atoms with van der Waals surface area (Å²) in [5, 5.41) is 5.91. The highest BCUT2D eigenvalue weighted by Crippen LogP contribution is 2.23. The maximum atomic E-state index is 13.7. The third-order valence-corrected chi connectivity index (χ3v) is 9.71. The van der Waals surface area contributed by atoms with E-state index in [1.165, 1.54) is 21.7 Å². The molecule has 13 nitrogen and oxygen atoms in total. The molecule has 0 unspecified atom stereocenters. The molecule has 0 radical (unpaired) electrons. The molecule has 1 fully saturated rings. The van der Waals surface area contributed by atoms with E-state index >= 15 is 0 Å². The minimum Gasteiger partial charge on any atom is -0.459 e. The topological polar surface area (TPSA) is 155 Å². The third-order valence-electron chi connectivity index (χ3n) is 9.71. The lowest BCUT2D eigenvalue weighted by atomic mass is 9.94. The number of nitrogens with zero attached hydrogens (tertiary/aromatic N) is 3. The number of likely N-dealkylation sites (tertiary alicyclic amines) is 1. The Morgan fingerprint density at radius 1 is 0.926 bits per heavy atom. The summed E-state index contributed by atoms with van der Waals surface area (Å²) < 4.78 is 10.7. The van der Waals surface area contributed by atoms with Crippen LogP contribution in [0.15, 0.2) is 54.6 Å². The molecule has 2 aromatic rings. The number of Topliss-reactive ketones (excluding diaryl/α,β-unsaturated/α-hetero) is 1. The van der Waals surface area contributed by atoms with Gasteiger partial charge in [-0.05, 0) is 64.5 Å². The van der Waals surface area contributed by atoms with Crippen LogP contribution in [0.2, 0.25) is 0 Å². The molecule has 4 amide bonds. The molecule has 5 atom stereocenters. The molecular formula is C41H59N5O8. The highest BCUT2D eigenvalue weighted by molar-refractivity contribution is 5.95. The molecular weight excluding hydrogens is 690 g/mol. The zero-order valence-electron chi connectivity index (χ0n) is 33.3. The number of alkyl carbamates (subject to hydrolysis) is 1. The Bertz CT molecular complexity index is 1590. The van der Waals surface area contributed by atoms with Crippen LogP contribution in [0, 0.1) is 12.8 Å². The van der Waals surface area contributed by atoms with Crippen molar-refractivity contribution < 1.29 is 38.2 Å². The van der Waals surface area contributed by atoms with Gasteiger partial charge in [-0.3, -0.25) is 24.0 Å². The minimum atomic E-state index is -0.919. The maximum absolute atomic E-state index is 13.7. The SMILES string of the molecule is CC[C@H](C)[C@H](NC(=O)OCc1ccccc1)C(=O)N(C)[C@@H](C)C(=O)N1CC[C@H]1C(=O)CCN[C@@H](Cc1ccc(C)cc1)C(=O)N(C)CC(=O)OC(C)(C)C. The summed E-state index contributed by atoms with van der Waals surface area (Å²) in [6, 6.07) is 13.8. The number of carbonyl (C=O) groups excluding carboxylic acids is 6. The van der Waals surface area contributed by atoms with Gasteiger partial charge in [-0.25, -0.2) is 4.79 Å². The number of hydrogen-bond donors (Lipinski definition) is 2. The van der Waals surface area contributed by atoms with Crippen molar-refractivity contribution in [2.45, 2.75) is 111 Å². The summed E-state index contributed by atoms with van der Waals surface area (Å²) in [7, 11) is 3.06. The Kier molecular flexibility index (Phi) is 16.2. The number of rotatable bonds is 18. The van der Waals surface area contributed by atoms with Crippen LogP contribution >= 0.6 is 0 Å². The first-order chi connectivity index (χ1) is 25.4. The van der Waals surface area contributed by atoms with E-state index < -0.39 is 47.7 Å². The van der Waals surface area contributed by atoms with Gasteiger partial charge in [0.15, 0.2) is 5.78 Å². The number of ether oxygens (including phenoxy) is 2. The molecule has 0 spiro atoms. The normalized spacial score (nSPS) is 16.2. The van der Waals surface area contributed by atoms with E-state index in [0.29, 0.717) is 25.8 Å². The zero-order chi connectivity index (χ0) is 40.2. The van der Waals surface area contributed by atoms with Gasteiger partial charge >= 0.3 is 12.1 Å². The number of ketones is 1. The maximum Gasteiger partial charge on any atom is 0.408 e. The molecule has 54 heavy (non-hydrogen) atoms. The molecule has 296 valence electrons. The second-order valence-electron chi connectivity index (χ2n) is 15.2. The largest absolute Gasteiger partial charge is 0.459 e. The fourth-order valence-corrected chi connectivity index (χ4v) is 6.03. The van der Waals surface area contributed by atoms with E-state index in [4.69, 9.17) is 9.47 Å². The number of benzene rings is 2. The van der Waals surface area contributed by atoms with Crippen molar-refractivity contribution in [1.29, 1.82) is 0 Å². The number of aryl methyl sites for hydroxylation is 1. The van der Waals surface area contributed by atoms with Crippen LogP contribution in [-0.2, 0) is 46.5 Å². The Morgan fingerprint density at radius 3 is 2.15 bits per heavy atom. The van der Waals surface area contributed by atoms with Gasteiger partial charge in [0.2, 0.25) is 17.7 Å². The van der Waals surface area contributed by atoms with Crippen LogP contribution in [0.1, 0.15) is 77.5 Å². The first kappa shape index (κ1) is 43.6. The first-order valence-electron chi connectivity index (χ1n) is 18.7. The van der Waals surface area contributed by atoms with Crippen LogP contribution in [0.3, 0.4) is 0 Å². The molecule has 0 saturated carbocycles. The molecule has 2 aromatic carbocycles. The van der Waals surface area contributed by atoms with Crippen molar-refractivity contribution in [1.82, 2.24) is 25.3 Å². The number of carbonyl (C=O) groups is 6. The van der Waals surface area contributed by atoms with E-state index in [9.17, 15) is 28.8 Å². The summed E-state index contributed by atoms with van der Waals surface area (Å²) in [5.74, 6) is -2.04. The van der Waals surface area contributed by atoms with E-state index in [2.05, 4.69) is 10.6 Å². The average molecular weight is 750 g/mol. The zero-order valence-corrected chi connectivity index (χ0v) is 33.3. The van der Waals surface area contributed by atoms with Crippen LogP contribution in [0.5, 0.6) is 0 Å². The number of esters is 1. The number of likely N-dealkylation sites (N-methyl/N-ethyl adjacent to an activating group) is 2. The molecule has 0 bridgehead atoms. The fourth-order valence-electron chi connectivity index (χ4n) is 6.03. The quantitative estimate of drug-likeness (QED) is 0.215. The summed E-state index contributed by atoms with van der Waals surface area (Å²) in [4.78, 5) is 83.5. The molecule has 3 rings (SSSR count). The third kappa shape index (κ3) is 13.0. The molecule has 2 N–H and O–H groups in total. The second-order valence-corrected chi connectivity index (χ2v) is 15.2. The molecule has 1 aliphatic heterocycles. The van der Waals surface area contributed by atoms with Gasteiger partial charge < -0.3 is 34.8 Å². The predicted octanol–water partition coefficient (Wildman–Crippen LogP) is 4.04. The van der Waals surface area contributed by atoms with Gasteiger partial charge in [-0.15, -0.1) is 0 Å². The highest BCUT2D eigenvalue weighted by atomic mass is 16.6. The molecule has 0 aliphatic carbocycles. The van der Waals surface area contributed by atoms with Crippen LogP contribution in [0.25, 0.3) is 0 Å². The molecule has 1 heterocycles. The minimum absolute atomic E-state index is 0.0492. The Morgan fingerprint density at radius 2 is 1.57 bits per heavy atom. The standard InChI is InChI=1S/C41H59N5O8/c1-10-28(3)36(43-40(52)53-26-31-14-12-11-13-15-31)39(51)45(9)29(4)37(49)46-23-21-33(46)34(47)20-22-42-32(24-30-18-16-27(2)17-19-30)38(50)44(8)25-35(48)54-41(5,6)7/h11-19,28-29,32-33,36,42H,10,20-26H2,1-9H3,(H,43,52)/t28-,29-,32-,33-,36-/m0/s1. The van der Waals surface area contributed by atoms with Gasteiger partial charge in [0.1, 0.15) is 30.8 Å². The van der Waals surface area contributed by atoms with Crippen LogP contribution in [-0.4, -0.2) is 114 Å². The van der Waals surface area contributed by atoms with Crippen molar-refractivity contribution >= 4 is 35.6 Å². The second kappa shape index (κ2) is 20.1. The Labute approximate surface area is 320 Å². The van der Waals surface area contributed by atoms with E-state index in [0.717, 1.165) is 16.7 Å². The number of amides is 4. The van der Waals surface area contributed by atoms with E-state index in [1.54, 1.807) is 34.7 Å². The van der Waals surface area contributed by atoms with Crippen molar-refractivity contribution in [2.75, 3.05) is 33.7 Å². The lowest BCUT2D eigenvalue weighted by Crippen LogP contribution is -2.61. The van der Waals surface area contributed by atoms with Crippen LogP contribution < -0.4 is 10.6 Å². The molecule has 1 aliphatic rings. The predicted molar refractivity (Wildman–Crippen MR) is 205 cm³/mol. The monoisotopic (exact) mass is 749 g/mol. The van der Waals surface area contributed by atoms with E-state index in [-0.39, 0.29) is 49.6 Å². The summed E-state index contributed by atoms with van der Waals surface area (Å²) >= 11 is 0. The highest BCUT2D eigenvalue weighted by Gasteiger charge is 2.41. The fraction of sp³-hybridized carbons (Fsp3) is 0.561. The summed E-state index contributed by atoms with van der Waals surface area (Å²) in [6.45, 7) is 13.0. The lowest BCUT2D eigenvalue weighted by Gasteiger charge is -2.43. The number of hydrogen-bond acceptors (Lipinski definition) is 9. The summed E-state index contributed by atoms with van der Waals surface area (Å²) in [6.07, 6.45) is 0.763. The van der Waals surface area contributed by atoms with Gasteiger partial charge in [-0.2, -0.15) is 0 Å². The van der Waals surface area contributed by atoms with Crippen molar-refractivity contribution in [3.05, 3.63) is 71.3 Å². The van der Waals surface area contributed by atoms with Gasteiger partial charge in [-0.1, -0.05) is 80.4 Å². The van der Waals surface area contributed by atoms with Crippen molar-refractivity contribution in [3.8, 4) is 0 Å². The first-order valence-corrected chi connectivity index (χ1v) is 18.7. The average Bonchev–Trinajstić information content (AvgIpc) is 3.10. The Balaban J connectivity index is 1.59. The van der Waals surface area contributed by atoms with Gasteiger partial charge in [0.05, 0.1) is 12.1 Å². The molecule has 0 aromatic heterocycles. The molecule has 1 saturated heterocycles.